The van der Waals surface area contributed by atoms with Crippen molar-refractivity contribution in [3.8, 4) is 0 Å². The van der Waals surface area contributed by atoms with E-state index in [-0.39, 0.29) is 0 Å². The minimum Gasteiger partial charge on any atom is -0.347 e. The predicted octanol–water partition coefficient (Wildman–Crippen LogP) is 4.20. The maximum atomic E-state index is 3.68. The molecule has 1 saturated carbocycles. The van der Waals surface area contributed by atoms with Gasteiger partial charge in [-0.2, -0.15) is 0 Å². The minimum absolute atomic E-state index is 0.682. The Morgan fingerprint density at radius 2 is 2.10 bits per heavy atom. The number of hydrogen-bond donors (Lipinski definition) is 1. The van der Waals surface area contributed by atoms with E-state index < -0.39 is 0 Å². The van der Waals surface area contributed by atoms with Gasteiger partial charge in [0.1, 0.15) is 0 Å². The minimum atomic E-state index is 0.682. The van der Waals surface area contributed by atoms with Crippen molar-refractivity contribution in [2.45, 2.75) is 51.6 Å². The lowest BCUT2D eigenvalue weighted by Crippen LogP contribution is -2.31. The van der Waals surface area contributed by atoms with Gasteiger partial charge in [-0.15, -0.1) is 0 Å². The molecule has 0 saturated heterocycles. The number of hydrogen-bond acceptors (Lipinski definition) is 1. The van der Waals surface area contributed by atoms with E-state index in [0.29, 0.717) is 6.04 Å². The van der Waals surface area contributed by atoms with Crippen molar-refractivity contribution < 1.29 is 0 Å². The summed E-state index contributed by atoms with van der Waals surface area (Å²) in [4.78, 5) is 0. The lowest BCUT2D eigenvalue weighted by atomic mass is 9.81. The van der Waals surface area contributed by atoms with Crippen LogP contribution >= 0.6 is 0 Å². The van der Waals surface area contributed by atoms with Crippen molar-refractivity contribution >= 4 is 10.9 Å². The predicted molar refractivity (Wildman–Crippen MR) is 86.0 cm³/mol. The van der Waals surface area contributed by atoms with E-state index >= 15 is 0 Å². The standard InChI is InChI=1S/C18H26N2/c1-15(14-16-6-4-7-16)19-11-5-12-20-13-10-17-8-2-3-9-18(17)20/h2-3,8-10,13,15-16,19H,4-7,11-12,14H2,1H3. The first-order valence-electron chi connectivity index (χ1n) is 8.10. The van der Waals surface area contributed by atoms with Crippen LogP contribution in [0.15, 0.2) is 36.5 Å². The molecule has 1 atom stereocenters. The van der Waals surface area contributed by atoms with E-state index in [0.717, 1.165) is 19.0 Å². The second kappa shape index (κ2) is 6.45. The fourth-order valence-corrected chi connectivity index (χ4v) is 3.25. The summed E-state index contributed by atoms with van der Waals surface area (Å²) in [5.41, 5.74) is 1.36. The first kappa shape index (κ1) is 13.7. The molecule has 3 rings (SSSR count). The Morgan fingerprint density at radius 1 is 1.25 bits per heavy atom. The number of aromatic nitrogens is 1. The molecule has 2 nitrogen and oxygen atoms in total. The van der Waals surface area contributed by atoms with Crippen molar-refractivity contribution in [3.63, 3.8) is 0 Å². The highest BCUT2D eigenvalue weighted by Crippen LogP contribution is 2.30. The molecular formula is C18H26N2. The average Bonchev–Trinajstić information content (AvgIpc) is 2.83. The van der Waals surface area contributed by atoms with Crippen LogP contribution in [0.5, 0.6) is 0 Å². The van der Waals surface area contributed by atoms with Crippen LogP contribution in [0.25, 0.3) is 10.9 Å². The molecule has 1 heterocycles. The Hall–Kier alpha value is -1.28. The van der Waals surface area contributed by atoms with Crippen molar-refractivity contribution in [1.82, 2.24) is 9.88 Å². The molecule has 2 aromatic rings. The fourth-order valence-electron chi connectivity index (χ4n) is 3.25. The zero-order chi connectivity index (χ0) is 13.8. The molecule has 0 radical (unpaired) electrons. The molecule has 0 spiro atoms. The summed E-state index contributed by atoms with van der Waals surface area (Å²) in [6.45, 7) is 4.57. The smallest absolute Gasteiger partial charge is 0.0480 e. The fraction of sp³-hybridized carbons (Fsp3) is 0.556. The summed E-state index contributed by atoms with van der Waals surface area (Å²) < 4.78 is 2.37. The Bertz CT molecular complexity index is 539. The Kier molecular flexibility index (Phi) is 4.41. The quantitative estimate of drug-likeness (QED) is 0.746. The molecule has 1 unspecified atom stereocenters. The monoisotopic (exact) mass is 270 g/mol. The van der Waals surface area contributed by atoms with Crippen molar-refractivity contribution in [2.75, 3.05) is 6.54 Å². The van der Waals surface area contributed by atoms with Gasteiger partial charge in [-0.1, -0.05) is 37.5 Å². The molecule has 1 aliphatic carbocycles. The normalized spacial score (nSPS) is 17.2. The Morgan fingerprint density at radius 3 is 2.90 bits per heavy atom. The molecule has 20 heavy (non-hydrogen) atoms. The van der Waals surface area contributed by atoms with Gasteiger partial charge in [0.15, 0.2) is 0 Å². The molecule has 108 valence electrons. The number of fused-ring (bicyclic) bond motifs is 1. The van der Waals surface area contributed by atoms with Crippen LogP contribution in [0.4, 0.5) is 0 Å². The third-order valence-corrected chi connectivity index (χ3v) is 4.66. The van der Waals surface area contributed by atoms with Gasteiger partial charge in [0.2, 0.25) is 0 Å². The van der Waals surface area contributed by atoms with Crippen LogP contribution in [0.3, 0.4) is 0 Å². The molecule has 2 heteroatoms. The number of nitrogens with one attached hydrogen (secondary N) is 1. The number of nitrogens with zero attached hydrogens (tertiary/aromatic N) is 1. The third-order valence-electron chi connectivity index (χ3n) is 4.66. The average molecular weight is 270 g/mol. The van der Waals surface area contributed by atoms with E-state index in [2.05, 4.69) is 53.3 Å². The molecule has 1 N–H and O–H groups in total. The summed E-state index contributed by atoms with van der Waals surface area (Å²) in [5.74, 6) is 1.01. The lowest BCUT2D eigenvalue weighted by molar-refractivity contribution is 0.265. The van der Waals surface area contributed by atoms with Gasteiger partial charge in [0.05, 0.1) is 0 Å². The second-order valence-corrected chi connectivity index (χ2v) is 6.31. The van der Waals surface area contributed by atoms with Gasteiger partial charge in [-0.25, -0.2) is 0 Å². The maximum absolute atomic E-state index is 3.68. The van der Waals surface area contributed by atoms with Crippen LogP contribution in [0.2, 0.25) is 0 Å². The summed E-state index contributed by atoms with van der Waals surface area (Å²) in [7, 11) is 0. The van der Waals surface area contributed by atoms with Crippen molar-refractivity contribution in [3.05, 3.63) is 36.5 Å². The third kappa shape index (κ3) is 3.24. The van der Waals surface area contributed by atoms with Crippen molar-refractivity contribution in [1.29, 1.82) is 0 Å². The van der Waals surface area contributed by atoms with Crippen LogP contribution in [-0.2, 0) is 6.54 Å². The zero-order valence-electron chi connectivity index (χ0n) is 12.5. The number of para-hydroxylation sites is 1. The van der Waals surface area contributed by atoms with E-state index in [4.69, 9.17) is 0 Å². The van der Waals surface area contributed by atoms with Gasteiger partial charge >= 0.3 is 0 Å². The van der Waals surface area contributed by atoms with E-state index in [9.17, 15) is 0 Å². The molecule has 1 aromatic carbocycles. The van der Waals surface area contributed by atoms with Gasteiger partial charge in [0.25, 0.3) is 0 Å². The Balaban J connectivity index is 1.41. The molecular weight excluding hydrogens is 244 g/mol. The summed E-state index contributed by atoms with van der Waals surface area (Å²) >= 11 is 0. The second-order valence-electron chi connectivity index (χ2n) is 6.31. The summed E-state index contributed by atoms with van der Waals surface area (Å²) in [6.07, 6.45) is 9.16. The molecule has 1 fully saturated rings. The van der Waals surface area contributed by atoms with Crippen molar-refractivity contribution in [2.24, 2.45) is 5.92 Å². The topological polar surface area (TPSA) is 17.0 Å². The van der Waals surface area contributed by atoms with E-state index in [1.54, 1.807) is 0 Å². The summed E-state index contributed by atoms with van der Waals surface area (Å²) in [6, 6.07) is 11.5. The number of rotatable bonds is 7. The van der Waals surface area contributed by atoms with E-state index in [1.807, 2.05) is 0 Å². The van der Waals surface area contributed by atoms with Gasteiger partial charge in [-0.05, 0) is 49.7 Å². The van der Waals surface area contributed by atoms with Crippen LogP contribution < -0.4 is 5.32 Å². The van der Waals surface area contributed by atoms with E-state index in [1.165, 1.54) is 43.0 Å². The van der Waals surface area contributed by atoms with Crippen LogP contribution in [0, 0.1) is 5.92 Å². The highest BCUT2D eigenvalue weighted by Gasteiger charge is 2.19. The molecule has 1 aromatic heterocycles. The Labute approximate surface area is 122 Å². The van der Waals surface area contributed by atoms with Gasteiger partial charge < -0.3 is 9.88 Å². The highest BCUT2D eigenvalue weighted by molar-refractivity contribution is 5.79. The first-order chi connectivity index (χ1) is 9.83. The molecule has 0 aliphatic heterocycles. The molecule has 0 amide bonds. The first-order valence-corrected chi connectivity index (χ1v) is 8.10. The zero-order valence-corrected chi connectivity index (χ0v) is 12.5. The highest BCUT2D eigenvalue weighted by atomic mass is 15.0. The van der Waals surface area contributed by atoms with Gasteiger partial charge in [0, 0.05) is 24.3 Å². The lowest BCUT2D eigenvalue weighted by Gasteiger charge is -2.28. The molecule has 0 bridgehead atoms. The van der Waals surface area contributed by atoms with Crippen LogP contribution in [0.1, 0.15) is 39.0 Å². The number of benzene rings is 1. The van der Waals surface area contributed by atoms with Crippen LogP contribution in [-0.4, -0.2) is 17.2 Å². The summed E-state index contributed by atoms with van der Waals surface area (Å²) in [5, 5.41) is 5.03. The SMILES string of the molecule is CC(CC1CCC1)NCCCn1ccc2ccccc21. The molecule has 1 aliphatic rings. The maximum Gasteiger partial charge on any atom is 0.0480 e. The van der Waals surface area contributed by atoms with Gasteiger partial charge in [-0.3, -0.25) is 0 Å². The largest absolute Gasteiger partial charge is 0.347 e. The number of aryl methyl sites for hydroxylation is 1.